The zero-order chi connectivity index (χ0) is 22.7. The molecule has 0 spiro atoms. The molecule has 1 amide bonds. The Bertz CT molecular complexity index is 1280. The Labute approximate surface area is 182 Å². The van der Waals surface area contributed by atoms with Crippen LogP contribution in [0.1, 0.15) is 21.7 Å². The smallest absolute Gasteiger partial charge is 0.423 e. The number of anilines is 1. The summed E-state index contributed by atoms with van der Waals surface area (Å²) in [6.45, 7) is 0.656. The van der Waals surface area contributed by atoms with Gasteiger partial charge in [-0.2, -0.15) is 15.1 Å². The van der Waals surface area contributed by atoms with Crippen LogP contribution in [0.5, 0.6) is 0 Å². The maximum atomic E-state index is 11.8. The first-order chi connectivity index (χ1) is 15.5. The van der Waals surface area contributed by atoms with Crippen molar-refractivity contribution in [3.63, 3.8) is 0 Å². The Morgan fingerprint density at radius 1 is 1.19 bits per heavy atom. The van der Waals surface area contributed by atoms with Gasteiger partial charge in [-0.3, -0.25) is 9.89 Å². The van der Waals surface area contributed by atoms with Crippen LogP contribution in [0.25, 0.3) is 22.4 Å². The second kappa shape index (κ2) is 9.10. The largest absolute Gasteiger partial charge is 0.488 e. The van der Waals surface area contributed by atoms with E-state index in [2.05, 4.69) is 30.5 Å². The molecule has 4 aromatic rings. The van der Waals surface area contributed by atoms with E-state index in [9.17, 15) is 14.8 Å². The van der Waals surface area contributed by atoms with E-state index >= 15 is 0 Å². The Morgan fingerprint density at radius 3 is 2.75 bits per heavy atom. The van der Waals surface area contributed by atoms with Crippen molar-refractivity contribution in [3.8, 4) is 11.5 Å². The van der Waals surface area contributed by atoms with Gasteiger partial charge in [0.05, 0.1) is 12.1 Å². The molecule has 32 heavy (non-hydrogen) atoms. The lowest BCUT2D eigenvalue weighted by molar-refractivity contribution is 0.0990. The van der Waals surface area contributed by atoms with Gasteiger partial charge in [0.15, 0.2) is 5.82 Å². The number of nitrogens with two attached hydrogens (primary N) is 1. The van der Waals surface area contributed by atoms with Crippen LogP contribution < -0.4 is 16.5 Å². The number of aromatic amines is 1. The summed E-state index contributed by atoms with van der Waals surface area (Å²) in [5.74, 6) is -0.665. The maximum Gasteiger partial charge on any atom is 0.488 e. The summed E-state index contributed by atoms with van der Waals surface area (Å²) < 4.78 is 5.22. The summed E-state index contributed by atoms with van der Waals surface area (Å²) in [7, 11) is 0.0312. The van der Waals surface area contributed by atoms with Gasteiger partial charge in [-0.1, -0.05) is 42.5 Å². The number of hydrogen-bond acceptors (Lipinski definition) is 9. The van der Waals surface area contributed by atoms with Crippen molar-refractivity contribution >= 4 is 35.3 Å². The molecule has 0 unspecified atom stereocenters. The van der Waals surface area contributed by atoms with E-state index < -0.39 is 13.0 Å². The van der Waals surface area contributed by atoms with Crippen molar-refractivity contribution in [2.24, 2.45) is 5.73 Å². The SMILES string of the molecule is COCc1cccc2c(-c3nc(NCc4cccc(B(O)O)c4)nc(C(N)=O)n3)[nH]nc12. The summed E-state index contributed by atoms with van der Waals surface area (Å²) in [4.78, 5) is 24.5. The van der Waals surface area contributed by atoms with E-state index in [1.54, 1.807) is 31.4 Å². The van der Waals surface area contributed by atoms with Gasteiger partial charge in [0.2, 0.25) is 11.8 Å². The van der Waals surface area contributed by atoms with Crippen LogP contribution in [-0.2, 0) is 17.9 Å². The first kappa shape index (κ1) is 21.4. The van der Waals surface area contributed by atoms with Crippen LogP contribution in [0.15, 0.2) is 42.5 Å². The molecule has 2 heterocycles. The molecule has 162 valence electrons. The number of benzene rings is 2. The molecule has 6 N–H and O–H groups in total. The number of para-hydroxylation sites is 1. The lowest BCUT2D eigenvalue weighted by atomic mass is 9.80. The second-order valence-corrected chi connectivity index (χ2v) is 6.99. The molecule has 4 rings (SSSR count). The predicted octanol–water partition coefficient (Wildman–Crippen LogP) is -0.0479. The Kier molecular flexibility index (Phi) is 6.08. The van der Waals surface area contributed by atoms with E-state index in [0.29, 0.717) is 23.3 Å². The maximum absolute atomic E-state index is 11.8. The summed E-state index contributed by atoms with van der Waals surface area (Å²) in [6.07, 6.45) is 0. The van der Waals surface area contributed by atoms with Crippen LogP contribution in [0.4, 0.5) is 5.95 Å². The lowest BCUT2D eigenvalue weighted by Crippen LogP contribution is -2.30. The van der Waals surface area contributed by atoms with Gasteiger partial charge in [-0.15, -0.1) is 0 Å². The van der Waals surface area contributed by atoms with E-state index in [4.69, 9.17) is 10.5 Å². The highest BCUT2D eigenvalue weighted by Gasteiger charge is 2.18. The summed E-state index contributed by atoms with van der Waals surface area (Å²) >= 11 is 0. The summed E-state index contributed by atoms with van der Waals surface area (Å²) in [6, 6.07) is 12.4. The molecule has 0 radical (unpaired) electrons. The van der Waals surface area contributed by atoms with E-state index in [1.165, 1.54) is 0 Å². The molecule has 0 aliphatic carbocycles. The van der Waals surface area contributed by atoms with Crippen molar-refractivity contribution in [3.05, 3.63) is 59.4 Å². The Morgan fingerprint density at radius 2 is 2.00 bits per heavy atom. The number of rotatable bonds is 8. The number of fused-ring (bicyclic) bond motifs is 1. The number of primary amides is 1. The number of carbonyl (C=O) groups is 1. The third-order valence-corrected chi connectivity index (χ3v) is 4.75. The molecule has 0 fully saturated rings. The minimum absolute atomic E-state index is 0.134. The number of nitrogens with one attached hydrogen (secondary N) is 2. The zero-order valence-corrected chi connectivity index (χ0v) is 17.1. The molecule has 0 atom stereocenters. The standard InChI is InChI=1S/C20H20BN7O4/c1-32-10-12-5-3-7-14-15(12)27-28-16(14)18-24-19(17(22)29)26-20(25-18)23-9-11-4-2-6-13(8-11)21(30)31/h2-8,30-31H,9-10H2,1H3,(H2,22,29)(H,27,28)(H,23,24,25,26). The van der Waals surface area contributed by atoms with Crippen molar-refractivity contribution < 1.29 is 19.6 Å². The first-order valence-corrected chi connectivity index (χ1v) is 9.66. The summed E-state index contributed by atoms with van der Waals surface area (Å²) in [5, 5.41) is 29.7. The zero-order valence-electron chi connectivity index (χ0n) is 17.1. The number of carbonyl (C=O) groups excluding carboxylic acids is 1. The van der Waals surface area contributed by atoms with Crippen molar-refractivity contribution in [2.75, 3.05) is 12.4 Å². The van der Waals surface area contributed by atoms with Gasteiger partial charge in [-0.25, -0.2) is 4.98 Å². The first-order valence-electron chi connectivity index (χ1n) is 9.66. The van der Waals surface area contributed by atoms with Crippen LogP contribution in [0.2, 0.25) is 0 Å². The van der Waals surface area contributed by atoms with Gasteiger partial charge in [0.25, 0.3) is 5.91 Å². The predicted molar refractivity (Wildman–Crippen MR) is 118 cm³/mol. The number of methoxy groups -OCH3 is 1. The number of aromatic nitrogens is 5. The van der Waals surface area contributed by atoms with Gasteiger partial charge in [-0.05, 0) is 11.0 Å². The molecule has 0 aliphatic rings. The number of ether oxygens (including phenoxy) is 1. The Hall–Kier alpha value is -3.87. The fourth-order valence-electron chi connectivity index (χ4n) is 3.26. The molecule has 0 aliphatic heterocycles. The van der Waals surface area contributed by atoms with E-state index in [-0.39, 0.29) is 24.1 Å². The average Bonchev–Trinajstić information content (AvgIpc) is 3.23. The molecule has 2 aromatic carbocycles. The van der Waals surface area contributed by atoms with Crippen LogP contribution >= 0.6 is 0 Å². The normalized spacial score (nSPS) is 11.0. The molecule has 0 saturated carbocycles. The highest BCUT2D eigenvalue weighted by atomic mass is 16.5. The van der Waals surface area contributed by atoms with Gasteiger partial charge >= 0.3 is 7.12 Å². The van der Waals surface area contributed by atoms with E-state index in [0.717, 1.165) is 16.5 Å². The lowest BCUT2D eigenvalue weighted by Gasteiger charge is -2.09. The third-order valence-electron chi connectivity index (χ3n) is 4.75. The molecule has 12 heteroatoms. The molecule has 0 saturated heterocycles. The van der Waals surface area contributed by atoms with Gasteiger partial charge in [0, 0.05) is 24.6 Å². The fourth-order valence-corrected chi connectivity index (χ4v) is 3.26. The fraction of sp³-hybridized carbons (Fsp3) is 0.150. The highest BCUT2D eigenvalue weighted by molar-refractivity contribution is 6.58. The van der Waals surface area contributed by atoms with Crippen molar-refractivity contribution in [1.29, 1.82) is 0 Å². The quantitative estimate of drug-likeness (QED) is 0.239. The molecular formula is C20H20BN7O4. The summed E-state index contributed by atoms with van der Waals surface area (Å²) in [5.41, 5.74) is 8.65. The highest BCUT2D eigenvalue weighted by Crippen LogP contribution is 2.27. The van der Waals surface area contributed by atoms with Crippen molar-refractivity contribution in [1.82, 2.24) is 25.1 Å². The number of amides is 1. The molecular weight excluding hydrogens is 413 g/mol. The van der Waals surface area contributed by atoms with Crippen LogP contribution in [-0.4, -0.2) is 55.3 Å². The second-order valence-electron chi connectivity index (χ2n) is 6.99. The van der Waals surface area contributed by atoms with Crippen molar-refractivity contribution in [2.45, 2.75) is 13.2 Å². The minimum atomic E-state index is -1.57. The molecule has 0 bridgehead atoms. The minimum Gasteiger partial charge on any atom is -0.423 e. The van der Waals surface area contributed by atoms with Gasteiger partial charge < -0.3 is 25.8 Å². The number of hydrogen-bond donors (Lipinski definition) is 5. The number of nitrogens with zero attached hydrogens (tertiary/aromatic N) is 4. The van der Waals surface area contributed by atoms with Gasteiger partial charge in [0.1, 0.15) is 5.69 Å². The van der Waals surface area contributed by atoms with Crippen LogP contribution in [0, 0.1) is 0 Å². The van der Waals surface area contributed by atoms with E-state index in [1.807, 2.05) is 18.2 Å². The molecule has 2 aromatic heterocycles. The van der Waals surface area contributed by atoms with Crippen LogP contribution in [0.3, 0.4) is 0 Å². The Balaban J connectivity index is 1.69. The topological polar surface area (TPSA) is 172 Å². The number of H-pyrrole nitrogens is 1. The average molecular weight is 433 g/mol. The molecule has 11 nitrogen and oxygen atoms in total. The third kappa shape index (κ3) is 4.42. The monoisotopic (exact) mass is 433 g/mol.